The average Bonchev–Trinajstić information content (AvgIpc) is 3.24. The van der Waals surface area contributed by atoms with Crippen LogP contribution in [0.2, 0.25) is 0 Å². The molecule has 0 aromatic heterocycles. The number of hydrogen-bond acceptors (Lipinski definition) is 5. The Morgan fingerprint density at radius 3 is 2.48 bits per heavy atom. The number of carbonyl (C=O) groups is 4. The van der Waals surface area contributed by atoms with Gasteiger partial charge in [-0.25, -0.2) is 9.69 Å². The molecular weight excluding hydrogens is 444 g/mol. The summed E-state index contributed by atoms with van der Waals surface area (Å²) >= 11 is 3.32. The minimum Gasteiger partial charge on any atom is -0.481 e. The topological polar surface area (TPSA) is 117 Å². The highest BCUT2D eigenvalue weighted by molar-refractivity contribution is 9.10. The van der Waals surface area contributed by atoms with Gasteiger partial charge in [-0.15, -0.1) is 0 Å². The predicted octanol–water partition coefficient (Wildman–Crippen LogP) is 1.62. The first-order valence-electron chi connectivity index (χ1n) is 9.41. The van der Waals surface area contributed by atoms with Crippen LogP contribution in [-0.2, 0) is 14.4 Å². The summed E-state index contributed by atoms with van der Waals surface area (Å²) in [6.45, 7) is 2.97. The number of urea groups is 1. The molecule has 1 aliphatic carbocycles. The van der Waals surface area contributed by atoms with Gasteiger partial charge in [0.05, 0.1) is 0 Å². The van der Waals surface area contributed by atoms with E-state index in [1.54, 1.807) is 18.2 Å². The van der Waals surface area contributed by atoms with Crippen LogP contribution in [-0.4, -0.2) is 46.3 Å². The molecule has 3 rings (SSSR count). The van der Waals surface area contributed by atoms with Gasteiger partial charge in [-0.1, -0.05) is 34.8 Å². The van der Waals surface area contributed by atoms with Gasteiger partial charge in [-0.05, 0) is 44.9 Å². The number of hydrazine groups is 1. The highest BCUT2D eigenvalue weighted by Gasteiger charge is 2.54. The Balaban J connectivity index is 1.54. The van der Waals surface area contributed by atoms with Crippen molar-refractivity contribution in [3.8, 4) is 5.75 Å². The lowest BCUT2D eigenvalue weighted by Crippen LogP contribution is -2.55. The SMILES string of the molecule is CC(Oc1cccc(Br)c1)C(=O)NNC(=O)C(C)N1C(=O)NC2(CCCC2)C1=O. The Bertz CT molecular complexity index is 840. The standard InChI is InChI=1S/C19H23BrN4O5/c1-11(24-17(27)19(21-18(24)28)8-3-4-9-19)15(25)22-23-16(26)12(2)29-14-7-5-6-13(20)10-14/h5-7,10-12H,3-4,8-9H2,1-2H3,(H,21,28)(H,22,25)(H,23,26). The third-order valence-corrected chi connectivity index (χ3v) is 5.70. The molecule has 1 aliphatic heterocycles. The molecule has 2 atom stereocenters. The van der Waals surface area contributed by atoms with Crippen LogP contribution >= 0.6 is 15.9 Å². The highest BCUT2D eigenvalue weighted by atomic mass is 79.9. The van der Waals surface area contributed by atoms with Crippen molar-refractivity contribution in [3.63, 3.8) is 0 Å². The fourth-order valence-electron chi connectivity index (χ4n) is 3.55. The van der Waals surface area contributed by atoms with Crippen LogP contribution < -0.4 is 20.9 Å². The molecule has 5 amide bonds. The molecule has 29 heavy (non-hydrogen) atoms. The smallest absolute Gasteiger partial charge is 0.325 e. The van der Waals surface area contributed by atoms with E-state index in [2.05, 4.69) is 32.1 Å². The van der Waals surface area contributed by atoms with Crippen molar-refractivity contribution in [3.05, 3.63) is 28.7 Å². The summed E-state index contributed by atoms with van der Waals surface area (Å²) < 4.78 is 6.33. The Labute approximate surface area is 176 Å². The second-order valence-electron chi connectivity index (χ2n) is 7.27. The molecule has 1 aromatic rings. The number of ether oxygens (including phenoxy) is 1. The normalized spacial score (nSPS) is 19.6. The van der Waals surface area contributed by atoms with Gasteiger partial charge >= 0.3 is 6.03 Å². The van der Waals surface area contributed by atoms with Gasteiger partial charge in [0, 0.05) is 4.47 Å². The summed E-state index contributed by atoms with van der Waals surface area (Å²) in [7, 11) is 0. The zero-order valence-corrected chi connectivity index (χ0v) is 17.7. The monoisotopic (exact) mass is 466 g/mol. The number of amides is 5. The third kappa shape index (κ3) is 4.36. The maximum Gasteiger partial charge on any atom is 0.325 e. The first-order chi connectivity index (χ1) is 13.7. The largest absolute Gasteiger partial charge is 0.481 e. The minimum absolute atomic E-state index is 0.389. The second-order valence-corrected chi connectivity index (χ2v) is 8.18. The zero-order chi connectivity index (χ0) is 21.2. The van der Waals surface area contributed by atoms with Crippen molar-refractivity contribution in [1.29, 1.82) is 0 Å². The summed E-state index contributed by atoms with van der Waals surface area (Å²) in [5.41, 5.74) is 3.64. The first kappa shape index (κ1) is 21.1. The van der Waals surface area contributed by atoms with E-state index >= 15 is 0 Å². The van der Waals surface area contributed by atoms with E-state index in [-0.39, 0.29) is 5.91 Å². The van der Waals surface area contributed by atoms with Crippen molar-refractivity contribution in [1.82, 2.24) is 21.1 Å². The molecule has 2 fully saturated rings. The molecule has 0 radical (unpaired) electrons. The molecule has 2 unspecified atom stereocenters. The summed E-state index contributed by atoms with van der Waals surface area (Å²) in [4.78, 5) is 50.5. The molecular formula is C19H23BrN4O5. The molecule has 9 nitrogen and oxygen atoms in total. The van der Waals surface area contributed by atoms with E-state index in [1.807, 2.05) is 6.07 Å². The van der Waals surface area contributed by atoms with Crippen LogP contribution in [0.15, 0.2) is 28.7 Å². The van der Waals surface area contributed by atoms with Gasteiger partial charge in [0.2, 0.25) is 0 Å². The van der Waals surface area contributed by atoms with Crippen LogP contribution in [0.1, 0.15) is 39.5 Å². The van der Waals surface area contributed by atoms with Crippen molar-refractivity contribution in [2.24, 2.45) is 0 Å². The van der Waals surface area contributed by atoms with Gasteiger partial charge < -0.3 is 10.1 Å². The quantitative estimate of drug-likeness (QED) is 0.450. The Kier molecular flexibility index (Phi) is 6.11. The first-order valence-corrected chi connectivity index (χ1v) is 10.2. The molecule has 1 heterocycles. The fourth-order valence-corrected chi connectivity index (χ4v) is 3.93. The average molecular weight is 467 g/mol. The minimum atomic E-state index is -1.07. The van der Waals surface area contributed by atoms with Crippen LogP contribution in [0, 0.1) is 0 Å². The molecule has 1 spiro atoms. The molecule has 3 N–H and O–H groups in total. The number of rotatable bonds is 5. The Morgan fingerprint density at radius 2 is 1.83 bits per heavy atom. The number of nitrogens with zero attached hydrogens (tertiary/aromatic N) is 1. The highest BCUT2D eigenvalue weighted by Crippen LogP contribution is 2.35. The molecule has 2 aliphatic rings. The lowest BCUT2D eigenvalue weighted by atomic mass is 9.97. The van der Waals surface area contributed by atoms with E-state index < -0.39 is 35.5 Å². The third-order valence-electron chi connectivity index (χ3n) is 5.20. The summed E-state index contributed by atoms with van der Waals surface area (Å²) in [5, 5.41) is 2.73. The molecule has 0 bridgehead atoms. The maximum atomic E-state index is 12.7. The van der Waals surface area contributed by atoms with Gasteiger partial charge in [0.1, 0.15) is 17.3 Å². The van der Waals surface area contributed by atoms with Crippen LogP contribution in [0.3, 0.4) is 0 Å². The lowest BCUT2D eigenvalue weighted by Gasteiger charge is -2.24. The van der Waals surface area contributed by atoms with Crippen molar-refractivity contribution in [2.45, 2.75) is 57.2 Å². The van der Waals surface area contributed by atoms with Crippen molar-refractivity contribution < 1.29 is 23.9 Å². The summed E-state index contributed by atoms with van der Waals surface area (Å²) in [6, 6.07) is 5.35. The van der Waals surface area contributed by atoms with E-state index in [1.165, 1.54) is 13.8 Å². The molecule has 1 saturated heterocycles. The molecule has 156 valence electrons. The van der Waals surface area contributed by atoms with E-state index in [0.717, 1.165) is 22.2 Å². The fraction of sp³-hybridized carbons (Fsp3) is 0.474. The van der Waals surface area contributed by atoms with Gasteiger partial charge in [-0.3, -0.25) is 25.2 Å². The number of nitrogens with one attached hydrogen (secondary N) is 3. The number of hydrogen-bond donors (Lipinski definition) is 3. The lowest BCUT2D eigenvalue weighted by molar-refractivity contribution is -0.139. The number of carbonyl (C=O) groups excluding carboxylic acids is 4. The number of imide groups is 1. The number of halogens is 1. The maximum absolute atomic E-state index is 12.7. The van der Waals surface area contributed by atoms with Crippen molar-refractivity contribution in [2.75, 3.05) is 0 Å². The predicted molar refractivity (Wildman–Crippen MR) is 107 cm³/mol. The number of benzene rings is 1. The Hall–Kier alpha value is -2.62. The van der Waals surface area contributed by atoms with E-state index in [9.17, 15) is 19.2 Å². The Morgan fingerprint density at radius 1 is 1.17 bits per heavy atom. The van der Waals surface area contributed by atoms with Gasteiger partial charge in [-0.2, -0.15) is 0 Å². The zero-order valence-electron chi connectivity index (χ0n) is 16.2. The van der Waals surface area contributed by atoms with E-state index in [0.29, 0.717) is 18.6 Å². The second kappa shape index (κ2) is 8.40. The van der Waals surface area contributed by atoms with Crippen LogP contribution in [0.25, 0.3) is 0 Å². The van der Waals surface area contributed by atoms with E-state index in [4.69, 9.17) is 4.74 Å². The summed E-state index contributed by atoms with van der Waals surface area (Å²) in [6.07, 6.45) is 1.98. The van der Waals surface area contributed by atoms with Gasteiger partial charge in [0.25, 0.3) is 17.7 Å². The molecule has 1 saturated carbocycles. The molecule has 10 heteroatoms. The van der Waals surface area contributed by atoms with Crippen molar-refractivity contribution >= 4 is 39.7 Å². The van der Waals surface area contributed by atoms with Crippen LogP contribution in [0.5, 0.6) is 5.75 Å². The van der Waals surface area contributed by atoms with Gasteiger partial charge in [0.15, 0.2) is 6.10 Å². The molecule has 1 aromatic carbocycles. The van der Waals surface area contributed by atoms with Crippen LogP contribution in [0.4, 0.5) is 4.79 Å². The summed E-state index contributed by atoms with van der Waals surface area (Å²) in [5.74, 6) is -1.15.